The van der Waals surface area contributed by atoms with Gasteiger partial charge in [0.1, 0.15) is 6.54 Å². The first-order valence-electron chi connectivity index (χ1n) is 13.4. The minimum Gasteiger partial charge on any atom is -0.490 e. The Morgan fingerprint density at radius 3 is 2.49 bits per heavy atom. The topological polar surface area (TPSA) is 132 Å². The highest BCUT2D eigenvalue weighted by Crippen LogP contribution is 2.33. The normalized spacial score (nSPS) is 14.1. The van der Waals surface area contributed by atoms with E-state index in [-0.39, 0.29) is 5.56 Å². The molecule has 0 spiro atoms. The van der Waals surface area contributed by atoms with Crippen molar-refractivity contribution in [1.82, 2.24) is 9.88 Å². The summed E-state index contributed by atoms with van der Waals surface area (Å²) in [4.78, 5) is 57.2. The second kappa shape index (κ2) is 13.4. The molecule has 0 saturated heterocycles. The van der Waals surface area contributed by atoms with E-state index in [9.17, 15) is 32.3 Å². The molecule has 0 fully saturated rings. The van der Waals surface area contributed by atoms with E-state index in [4.69, 9.17) is 10.5 Å². The fraction of sp³-hybridized carbons (Fsp3) is 0.300. The number of benzene rings is 2. The smallest absolute Gasteiger partial charge is 0.490 e. The molecule has 1 aliphatic heterocycles. The van der Waals surface area contributed by atoms with Crippen LogP contribution in [0.4, 0.5) is 24.7 Å². The van der Waals surface area contributed by atoms with Gasteiger partial charge in [-0.3, -0.25) is 14.4 Å². The first-order chi connectivity index (χ1) is 20.5. The Hall–Kier alpha value is -4.94. The lowest BCUT2D eigenvalue weighted by molar-refractivity contribution is -0.202. The van der Waals surface area contributed by atoms with E-state index in [0.717, 1.165) is 10.5 Å². The van der Waals surface area contributed by atoms with Crippen molar-refractivity contribution >= 4 is 35.3 Å². The highest BCUT2D eigenvalue weighted by molar-refractivity contribution is 6.09. The number of halogens is 3. The van der Waals surface area contributed by atoms with Gasteiger partial charge in [-0.15, -0.1) is 0 Å². The summed E-state index contributed by atoms with van der Waals surface area (Å²) in [6, 6.07) is 15.4. The lowest BCUT2D eigenvalue weighted by atomic mass is 9.99. The third kappa shape index (κ3) is 7.67. The maximum absolute atomic E-state index is 13.9. The largest absolute Gasteiger partial charge is 0.491 e. The summed E-state index contributed by atoms with van der Waals surface area (Å²) in [5.74, 6) is -4.44. The molecule has 2 heterocycles. The number of likely N-dealkylation sites (N-methyl/N-ethyl adjacent to an activating group) is 1. The number of alkyl halides is 3. The molecule has 2 amide bonds. The van der Waals surface area contributed by atoms with Crippen LogP contribution in [0.5, 0.6) is 5.75 Å². The molecule has 1 atom stereocenters. The summed E-state index contributed by atoms with van der Waals surface area (Å²) in [6.45, 7) is -0.0648. The number of ether oxygens (including phenoxy) is 2. The summed E-state index contributed by atoms with van der Waals surface area (Å²) in [5, 5.41) is 0. The minimum absolute atomic E-state index is 0.186. The molecule has 0 radical (unpaired) electrons. The molecule has 1 aromatic heterocycles. The number of carbonyl (C=O) groups is 4. The van der Waals surface area contributed by atoms with Crippen LogP contribution in [0.3, 0.4) is 0 Å². The van der Waals surface area contributed by atoms with Crippen molar-refractivity contribution in [2.45, 2.75) is 37.9 Å². The SMILES string of the molecule is CN1C(=O)CN(C(CC(=O)OC(=O)C(F)(F)F)c2ccccc2)C(=O)c2cc(CCCCOc3cccnc3N)ccc21. The molecule has 1 unspecified atom stereocenters. The lowest BCUT2D eigenvalue weighted by Gasteiger charge is -2.30. The van der Waals surface area contributed by atoms with E-state index in [1.165, 1.54) is 11.9 Å². The van der Waals surface area contributed by atoms with Crippen molar-refractivity contribution in [2.75, 3.05) is 30.8 Å². The lowest BCUT2D eigenvalue weighted by Crippen LogP contribution is -2.41. The summed E-state index contributed by atoms with van der Waals surface area (Å²) in [7, 11) is 1.51. The number of anilines is 2. The van der Waals surface area contributed by atoms with Gasteiger partial charge in [0.25, 0.3) is 5.91 Å². The quantitative estimate of drug-likeness (QED) is 0.208. The zero-order chi connectivity index (χ0) is 31.1. The van der Waals surface area contributed by atoms with Gasteiger partial charge in [-0.1, -0.05) is 36.4 Å². The van der Waals surface area contributed by atoms with E-state index >= 15 is 0 Å². The second-order valence-electron chi connectivity index (χ2n) is 9.82. The van der Waals surface area contributed by atoms with Crippen LogP contribution in [0.15, 0.2) is 66.9 Å². The van der Waals surface area contributed by atoms with Crippen molar-refractivity contribution < 1.29 is 41.8 Å². The molecule has 2 aromatic carbocycles. The predicted octanol–water partition coefficient (Wildman–Crippen LogP) is 4.25. The molecular formula is C30H29F3N4O6. The average molecular weight is 599 g/mol. The van der Waals surface area contributed by atoms with Gasteiger partial charge in [0, 0.05) is 13.2 Å². The number of nitrogens with zero attached hydrogens (tertiary/aromatic N) is 3. The van der Waals surface area contributed by atoms with Crippen LogP contribution in [0.2, 0.25) is 0 Å². The van der Waals surface area contributed by atoms with Gasteiger partial charge in [-0.05, 0) is 54.7 Å². The van der Waals surface area contributed by atoms with Gasteiger partial charge in [0.15, 0.2) is 11.6 Å². The molecular weight excluding hydrogens is 569 g/mol. The molecule has 3 aromatic rings. The van der Waals surface area contributed by atoms with E-state index in [2.05, 4.69) is 9.72 Å². The zero-order valence-electron chi connectivity index (χ0n) is 23.2. The Bertz CT molecular complexity index is 1500. The number of amides is 2. The number of hydrogen-bond donors (Lipinski definition) is 1. The predicted molar refractivity (Wildman–Crippen MR) is 149 cm³/mol. The maximum Gasteiger partial charge on any atom is 0.491 e. The van der Waals surface area contributed by atoms with Crippen LogP contribution in [0, 0.1) is 0 Å². The van der Waals surface area contributed by atoms with Crippen molar-refractivity contribution in [3.05, 3.63) is 83.6 Å². The van der Waals surface area contributed by atoms with Crippen LogP contribution >= 0.6 is 0 Å². The molecule has 0 bridgehead atoms. The van der Waals surface area contributed by atoms with E-state index in [0.29, 0.717) is 48.7 Å². The van der Waals surface area contributed by atoms with E-state index in [1.807, 2.05) is 0 Å². The molecule has 13 heteroatoms. The molecule has 43 heavy (non-hydrogen) atoms. The fourth-order valence-electron chi connectivity index (χ4n) is 4.65. The minimum atomic E-state index is -5.37. The maximum atomic E-state index is 13.9. The number of nitrogens with two attached hydrogens (primary N) is 1. The standard InChI is InChI=1S/C30H29F3N4O6/c1-36-22-13-12-19(8-5-6-15-42-24-11-7-14-35-27(24)34)16-21(22)28(40)37(18-25(36)38)23(20-9-3-2-4-10-20)17-26(39)43-29(41)30(31,32)33/h2-4,7,9-14,16,23H,5-6,8,15,17-18H2,1H3,(H2,34,35). The van der Waals surface area contributed by atoms with Crippen LogP contribution in [0.1, 0.15) is 46.8 Å². The Morgan fingerprint density at radius 2 is 1.79 bits per heavy atom. The highest BCUT2D eigenvalue weighted by atomic mass is 19.4. The zero-order valence-corrected chi connectivity index (χ0v) is 23.2. The van der Waals surface area contributed by atoms with Crippen molar-refractivity contribution in [1.29, 1.82) is 0 Å². The van der Waals surface area contributed by atoms with Crippen molar-refractivity contribution in [2.24, 2.45) is 0 Å². The van der Waals surface area contributed by atoms with Gasteiger partial charge < -0.3 is 25.0 Å². The van der Waals surface area contributed by atoms with E-state index < -0.39 is 48.9 Å². The average Bonchev–Trinajstić information content (AvgIpc) is 3.06. The Balaban J connectivity index is 1.54. The van der Waals surface area contributed by atoms with E-state index in [1.54, 1.807) is 66.9 Å². The summed E-state index contributed by atoms with van der Waals surface area (Å²) in [5.41, 5.74) is 7.50. The molecule has 4 rings (SSSR count). The van der Waals surface area contributed by atoms with Crippen LogP contribution < -0.4 is 15.4 Å². The number of unbranched alkanes of at least 4 members (excludes halogenated alkanes) is 1. The third-order valence-corrected chi connectivity index (χ3v) is 6.87. The Morgan fingerprint density at radius 1 is 1.05 bits per heavy atom. The first-order valence-corrected chi connectivity index (χ1v) is 13.4. The molecule has 1 aliphatic rings. The fourth-order valence-corrected chi connectivity index (χ4v) is 4.65. The number of carbonyl (C=O) groups excluding carboxylic acids is 4. The monoisotopic (exact) mass is 598 g/mol. The van der Waals surface area contributed by atoms with Crippen molar-refractivity contribution in [3.63, 3.8) is 0 Å². The first kappa shape index (κ1) is 31.0. The van der Waals surface area contributed by atoms with Gasteiger partial charge >= 0.3 is 18.1 Å². The summed E-state index contributed by atoms with van der Waals surface area (Å²) in [6.07, 6.45) is -2.63. The number of nitrogen functional groups attached to an aromatic ring is 1. The number of aromatic nitrogens is 1. The molecule has 0 aliphatic carbocycles. The number of fused-ring (bicyclic) bond motifs is 1. The molecule has 2 N–H and O–H groups in total. The number of rotatable bonds is 10. The highest BCUT2D eigenvalue weighted by Gasteiger charge is 2.43. The second-order valence-corrected chi connectivity index (χ2v) is 9.82. The molecule has 10 nitrogen and oxygen atoms in total. The van der Waals surface area contributed by atoms with Gasteiger partial charge in [-0.25, -0.2) is 9.78 Å². The summed E-state index contributed by atoms with van der Waals surface area (Å²) >= 11 is 0. The van der Waals surface area contributed by atoms with Crippen LogP contribution in [-0.2, 0) is 25.5 Å². The van der Waals surface area contributed by atoms with Gasteiger partial charge in [0.2, 0.25) is 5.91 Å². The number of pyridine rings is 1. The number of esters is 2. The Kier molecular flexibility index (Phi) is 9.63. The van der Waals surface area contributed by atoms with Gasteiger partial charge in [-0.2, -0.15) is 13.2 Å². The van der Waals surface area contributed by atoms with Gasteiger partial charge in [0.05, 0.1) is 30.3 Å². The number of aryl methyl sites for hydroxylation is 1. The van der Waals surface area contributed by atoms with Crippen LogP contribution in [0.25, 0.3) is 0 Å². The summed E-state index contributed by atoms with van der Waals surface area (Å²) < 4.78 is 47.8. The number of hydrogen-bond acceptors (Lipinski definition) is 8. The van der Waals surface area contributed by atoms with Crippen molar-refractivity contribution in [3.8, 4) is 5.75 Å². The third-order valence-electron chi connectivity index (χ3n) is 6.87. The Labute approximate surface area is 245 Å². The molecule has 0 saturated carbocycles. The van der Waals surface area contributed by atoms with Crippen LogP contribution in [-0.4, -0.2) is 60.0 Å². The molecule has 226 valence electrons.